The lowest BCUT2D eigenvalue weighted by atomic mass is 9.78. The highest BCUT2D eigenvalue weighted by Crippen LogP contribution is 2.29. The van der Waals surface area contributed by atoms with Crippen LogP contribution in [0.4, 0.5) is 0 Å². The Labute approximate surface area is 139 Å². The molecule has 2 unspecified atom stereocenters. The summed E-state index contributed by atoms with van der Waals surface area (Å²) in [5, 5.41) is 20.2. The Balaban J connectivity index is 5.96. The summed E-state index contributed by atoms with van der Waals surface area (Å²) in [7, 11) is 5.08. The van der Waals surface area contributed by atoms with Gasteiger partial charge in [-0.05, 0) is 11.8 Å². The summed E-state index contributed by atoms with van der Waals surface area (Å²) in [6.07, 6.45) is -0.533. The molecule has 0 aromatic rings. The summed E-state index contributed by atoms with van der Waals surface area (Å²) in [6, 6.07) is -1.10. The second-order valence-electron chi connectivity index (χ2n) is 8.10. The van der Waals surface area contributed by atoms with Gasteiger partial charge in [-0.15, -0.1) is 0 Å². The summed E-state index contributed by atoms with van der Waals surface area (Å²) in [6.45, 7) is 7.37. The van der Waals surface area contributed by atoms with Crippen molar-refractivity contribution in [2.75, 3.05) is 21.1 Å². The molecule has 6 nitrogen and oxygen atoms in total. The highest BCUT2D eigenvalue weighted by Gasteiger charge is 2.55. The molecule has 6 heteroatoms. The van der Waals surface area contributed by atoms with Crippen LogP contribution in [0.25, 0.3) is 0 Å². The first kappa shape index (κ1) is 21.7. The van der Waals surface area contributed by atoms with Crippen LogP contribution in [0, 0.1) is 11.8 Å². The van der Waals surface area contributed by atoms with Crippen molar-refractivity contribution < 1.29 is 29.1 Å². The zero-order chi connectivity index (χ0) is 18.6. The molecule has 134 valence electrons. The summed E-state index contributed by atoms with van der Waals surface area (Å²) >= 11 is 0. The van der Waals surface area contributed by atoms with Gasteiger partial charge in [0.05, 0.1) is 27.6 Å². The Morgan fingerprint density at radius 1 is 0.957 bits per heavy atom. The topological polar surface area (TPSA) is 91.7 Å². The Kier molecular flexibility index (Phi) is 7.57. The maximum atomic E-state index is 12.7. The molecule has 0 heterocycles. The zero-order valence-electron chi connectivity index (χ0n) is 15.4. The van der Waals surface area contributed by atoms with Gasteiger partial charge < -0.3 is 14.7 Å². The lowest BCUT2D eigenvalue weighted by Crippen LogP contribution is -2.66. The van der Waals surface area contributed by atoms with Crippen molar-refractivity contribution in [3.63, 3.8) is 0 Å². The van der Waals surface area contributed by atoms with Gasteiger partial charge in [-0.2, -0.15) is 0 Å². The molecule has 0 aliphatic carbocycles. The predicted molar refractivity (Wildman–Crippen MR) is 87.9 cm³/mol. The van der Waals surface area contributed by atoms with Gasteiger partial charge in [-0.25, -0.2) is 0 Å². The third kappa shape index (κ3) is 6.39. The van der Waals surface area contributed by atoms with Gasteiger partial charge in [0, 0.05) is 12.8 Å². The van der Waals surface area contributed by atoms with Crippen molar-refractivity contribution in [3.8, 4) is 0 Å². The minimum absolute atomic E-state index is 0.000825. The molecule has 2 atom stereocenters. The number of nitrogens with zero attached hydrogens (tertiary/aromatic N) is 1. The highest BCUT2D eigenvalue weighted by molar-refractivity contribution is 5.98. The molecule has 23 heavy (non-hydrogen) atoms. The minimum Gasteiger partial charge on any atom is -0.481 e. The molecule has 0 spiro atoms. The molecule has 0 saturated heterocycles. The Morgan fingerprint density at radius 2 is 1.39 bits per heavy atom. The number of carbonyl (C=O) groups excluding carboxylic acids is 2. The Morgan fingerprint density at radius 3 is 1.70 bits per heavy atom. The minimum atomic E-state index is -2.19. The van der Waals surface area contributed by atoms with E-state index in [4.69, 9.17) is 0 Å². The van der Waals surface area contributed by atoms with Gasteiger partial charge in [-0.1, -0.05) is 27.7 Å². The normalized spacial score (nSPS) is 16.3. The maximum Gasteiger partial charge on any atom is 0.307 e. The number of hydrogen-bond acceptors (Lipinski definition) is 4. The van der Waals surface area contributed by atoms with Crippen molar-refractivity contribution in [2.45, 2.75) is 58.6 Å². The number of Topliss-reactive ketones (excluding diaryl/α,β-unsaturated/α-hetero) is 2. The molecular weight excluding hydrogens is 298 g/mol. The fourth-order valence-electron chi connectivity index (χ4n) is 2.98. The standard InChI is InChI=1S/C17H31NO5/c1-11(2)8-13(19)16(18(5,6)7)17(23,10-15(21)22)14(20)9-12(3)4/h11-12,16,23H,8-10H2,1-7H3/p+1. The second-order valence-corrected chi connectivity index (χ2v) is 8.10. The zero-order valence-corrected chi connectivity index (χ0v) is 15.4. The fraction of sp³-hybridized carbons (Fsp3) is 0.824. The van der Waals surface area contributed by atoms with E-state index in [-0.39, 0.29) is 34.9 Å². The van der Waals surface area contributed by atoms with Crippen LogP contribution in [0.1, 0.15) is 47.0 Å². The van der Waals surface area contributed by atoms with E-state index in [0.29, 0.717) is 0 Å². The van der Waals surface area contributed by atoms with Crippen LogP contribution in [0.5, 0.6) is 0 Å². The number of quaternary nitrogens is 1. The number of carbonyl (C=O) groups is 3. The van der Waals surface area contributed by atoms with Gasteiger partial charge in [0.2, 0.25) is 0 Å². The van der Waals surface area contributed by atoms with E-state index >= 15 is 0 Å². The van der Waals surface area contributed by atoms with Crippen molar-refractivity contribution >= 4 is 17.5 Å². The first-order valence-electron chi connectivity index (χ1n) is 8.03. The molecule has 2 N–H and O–H groups in total. The maximum absolute atomic E-state index is 12.7. The van der Waals surface area contributed by atoms with Crippen LogP contribution in [-0.4, -0.2) is 65.0 Å². The van der Waals surface area contributed by atoms with Crippen molar-refractivity contribution in [1.29, 1.82) is 0 Å². The molecule has 0 fully saturated rings. The molecular formula is C17H32NO5+. The lowest BCUT2D eigenvalue weighted by Gasteiger charge is -2.42. The van der Waals surface area contributed by atoms with Crippen molar-refractivity contribution in [3.05, 3.63) is 0 Å². The molecule has 0 aliphatic heterocycles. The number of aliphatic hydroxyl groups is 1. The summed E-state index contributed by atoms with van der Waals surface area (Å²) in [5.74, 6) is -2.12. The number of likely N-dealkylation sites (N-methyl/N-ethyl adjacent to an activating group) is 1. The number of hydrogen-bond donors (Lipinski definition) is 2. The number of carboxylic acids is 1. The van der Waals surface area contributed by atoms with Crippen molar-refractivity contribution in [1.82, 2.24) is 0 Å². The SMILES string of the molecule is CC(C)CC(=O)C(C(O)(CC(=O)O)C(=O)CC(C)C)[N+](C)(C)C. The van der Waals surface area contributed by atoms with E-state index in [1.807, 2.05) is 27.7 Å². The summed E-state index contributed by atoms with van der Waals surface area (Å²) in [5.41, 5.74) is -2.19. The quantitative estimate of drug-likeness (QED) is 0.592. The van der Waals surface area contributed by atoms with Gasteiger partial charge in [0.1, 0.15) is 0 Å². The van der Waals surface area contributed by atoms with Gasteiger partial charge in [0.25, 0.3) is 0 Å². The van der Waals surface area contributed by atoms with Crippen LogP contribution in [0.2, 0.25) is 0 Å². The third-order valence-corrected chi connectivity index (χ3v) is 3.64. The Hall–Kier alpha value is -1.27. The molecule has 0 amide bonds. The van der Waals surface area contributed by atoms with E-state index in [1.54, 1.807) is 21.1 Å². The third-order valence-electron chi connectivity index (χ3n) is 3.64. The molecule has 0 aliphatic rings. The van der Waals surface area contributed by atoms with Crippen LogP contribution >= 0.6 is 0 Å². The lowest BCUT2D eigenvalue weighted by molar-refractivity contribution is -0.892. The van der Waals surface area contributed by atoms with Crippen LogP contribution in [0.15, 0.2) is 0 Å². The largest absolute Gasteiger partial charge is 0.481 e. The second kappa shape index (κ2) is 8.02. The summed E-state index contributed by atoms with van der Waals surface area (Å²) in [4.78, 5) is 36.6. The number of ketones is 2. The molecule has 0 rings (SSSR count). The smallest absolute Gasteiger partial charge is 0.307 e. The van der Waals surface area contributed by atoms with E-state index in [0.717, 1.165) is 0 Å². The van der Waals surface area contributed by atoms with Crippen molar-refractivity contribution in [2.24, 2.45) is 11.8 Å². The highest BCUT2D eigenvalue weighted by atomic mass is 16.4. The molecule has 0 bridgehead atoms. The van der Waals surface area contributed by atoms with E-state index < -0.39 is 29.8 Å². The van der Waals surface area contributed by atoms with E-state index in [1.165, 1.54) is 0 Å². The number of rotatable bonds is 10. The first-order valence-corrected chi connectivity index (χ1v) is 8.03. The van der Waals surface area contributed by atoms with Gasteiger partial charge >= 0.3 is 5.97 Å². The van der Waals surface area contributed by atoms with E-state index in [2.05, 4.69) is 0 Å². The van der Waals surface area contributed by atoms with Crippen LogP contribution in [-0.2, 0) is 14.4 Å². The first-order chi connectivity index (χ1) is 10.2. The monoisotopic (exact) mass is 330 g/mol. The fourth-order valence-corrected chi connectivity index (χ4v) is 2.98. The average molecular weight is 330 g/mol. The van der Waals surface area contributed by atoms with Crippen LogP contribution in [0.3, 0.4) is 0 Å². The molecule has 0 saturated carbocycles. The average Bonchev–Trinajstić information content (AvgIpc) is 2.22. The molecule has 0 radical (unpaired) electrons. The van der Waals surface area contributed by atoms with Gasteiger partial charge in [-0.3, -0.25) is 14.4 Å². The number of carboxylic acid groups (broad SMARTS) is 1. The predicted octanol–water partition coefficient (Wildman–Crippen LogP) is 1.50. The summed E-state index contributed by atoms with van der Waals surface area (Å²) < 4.78 is -0.000825. The Bertz CT molecular complexity index is 450. The number of aliphatic carboxylic acids is 1. The van der Waals surface area contributed by atoms with E-state index in [9.17, 15) is 24.6 Å². The molecule has 0 aromatic carbocycles. The molecule has 0 aromatic heterocycles. The van der Waals surface area contributed by atoms with Gasteiger partial charge in [0.15, 0.2) is 23.2 Å². The van der Waals surface area contributed by atoms with Crippen LogP contribution < -0.4 is 0 Å².